The number of imidazole rings is 1. The Morgan fingerprint density at radius 1 is 1.21 bits per heavy atom. The molecule has 1 aromatic carbocycles. The van der Waals surface area contributed by atoms with Gasteiger partial charge in [-0.15, -0.1) is 0 Å². The number of hydrogen-bond acceptors (Lipinski definition) is 2. The Labute approximate surface area is 114 Å². The SMILES string of the molecule is c1ccc(CCCn2ccnc2CNC2CC2)cc1. The lowest BCUT2D eigenvalue weighted by molar-refractivity contribution is 0.573. The van der Waals surface area contributed by atoms with Crippen molar-refractivity contribution in [3.63, 3.8) is 0 Å². The molecule has 1 aromatic heterocycles. The van der Waals surface area contributed by atoms with Crippen LogP contribution in [0.3, 0.4) is 0 Å². The maximum Gasteiger partial charge on any atom is 0.122 e. The summed E-state index contributed by atoms with van der Waals surface area (Å²) in [4.78, 5) is 4.44. The molecule has 1 N–H and O–H groups in total. The maximum atomic E-state index is 4.44. The summed E-state index contributed by atoms with van der Waals surface area (Å²) in [6.45, 7) is 1.96. The van der Waals surface area contributed by atoms with Gasteiger partial charge in [-0.25, -0.2) is 4.98 Å². The van der Waals surface area contributed by atoms with Crippen molar-refractivity contribution in [1.82, 2.24) is 14.9 Å². The predicted molar refractivity (Wildman–Crippen MR) is 76.9 cm³/mol. The monoisotopic (exact) mass is 255 g/mol. The van der Waals surface area contributed by atoms with E-state index in [0.717, 1.165) is 32.0 Å². The van der Waals surface area contributed by atoms with E-state index in [1.165, 1.54) is 24.2 Å². The van der Waals surface area contributed by atoms with Gasteiger partial charge in [0.05, 0.1) is 6.54 Å². The summed E-state index contributed by atoms with van der Waals surface area (Å²) in [5.74, 6) is 1.17. The highest BCUT2D eigenvalue weighted by Crippen LogP contribution is 2.19. The standard InChI is InChI=1S/C16H21N3/c1-2-5-14(6-3-1)7-4-11-19-12-10-17-16(19)13-18-15-8-9-15/h1-3,5-6,10,12,15,18H,4,7-9,11,13H2. The van der Waals surface area contributed by atoms with E-state index < -0.39 is 0 Å². The molecule has 0 amide bonds. The van der Waals surface area contributed by atoms with Gasteiger partial charge in [-0.05, 0) is 31.2 Å². The molecular formula is C16H21N3. The summed E-state index contributed by atoms with van der Waals surface area (Å²) in [5.41, 5.74) is 1.42. The normalized spacial score (nSPS) is 14.7. The molecule has 3 rings (SSSR count). The average Bonchev–Trinajstić information content (AvgIpc) is 3.17. The van der Waals surface area contributed by atoms with E-state index in [4.69, 9.17) is 0 Å². The molecule has 3 nitrogen and oxygen atoms in total. The first-order valence-corrected chi connectivity index (χ1v) is 7.19. The highest BCUT2D eigenvalue weighted by atomic mass is 15.1. The van der Waals surface area contributed by atoms with Gasteiger partial charge in [0, 0.05) is 25.0 Å². The molecule has 2 aromatic rings. The van der Waals surface area contributed by atoms with Crippen LogP contribution in [0.2, 0.25) is 0 Å². The second-order valence-electron chi connectivity index (χ2n) is 5.28. The van der Waals surface area contributed by atoms with Crippen molar-refractivity contribution in [2.75, 3.05) is 0 Å². The van der Waals surface area contributed by atoms with Gasteiger partial charge >= 0.3 is 0 Å². The first kappa shape index (κ1) is 12.4. The third-order valence-electron chi connectivity index (χ3n) is 3.64. The quantitative estimate of drug-likeness (QED) is 0.824. The van der Waals surface area contributed by atoms with Crippen molar-refractivity contribution in [1.29, 1.82) is 0 Å². The lowest BCUT2D eigenvalue weighted by Crippen LogP contribution is -2.19. The number of nitrogens with one attached hydrogen (secondary N) is 1. The molecule has 100 valence electrons. The molecule has 0 saturated heterocycles. The summed E-state index contributed by atoms with van der Waals surface area (Å²) in [6, 6.07) is 11.4. The summed E-state index contributed by atoms with van der Waals surface area (Å²) >= 11 is 0. The summed E-state index contributed by atoms with van der Waals surface area (Å²) < 4.78 is 2.28. The first-order valence-electron chi connectivity index (χ1n) is 7.19. The number of hydrogen-bond donors (Lipinski definition) is 1. The van der Waals surface area contributed by atoms with E-state index in [9.17, 15) is 0 Å². The smallest absolute Gasteiger partial charge is 0.122 e. The van der Waals surface area contributed by atoms with Crippen LogP contribution in [0.5, 0.6) is 0 Å². The molecule has 0 spiro atoms. The van der Waals surface area contributed by atoms with Crippen molar-refractivity contribution >= 4 is 0 Å². The molecule has 0 aliphatic heterocycles. The third kappa shape index (κ3) is 3.67. The number of aromatic nitrogens is 2. The Balaban J connectivity index is 1.47. The topological polar surface area (TPSA) is 29.9 Å². The Hall–Kier alpha value is -1.61. The van der Waals surface area contributed by atoms with Gasteiger partial charge < -0.3 is 9.88 Å². The van der Waals surface area contributed by atoms with Crippen molar-refractivity contribution in [2.24, 2.45) is 0 Å². The second-order valence-corrected chi connectivity index (χ2v) is 5.28. The minimum Gasteiger partial charge on any atom is -0.334 e. The summed E-state index contributed by atoms with van der Waals surface area (Å²) in [5, 5.41) is 3.52. The molecule has 19 heavy (non-hydrogen) atoms. The molecule has 1 aliphatic carbocycles. The summed E-state index contributed by atoms with van der Waals surface area (Å²) in [6.07, 6.45) is 8.95. The lowest BCUT2D eigenvalue weighted by Gasteiger charge is -2.08. The van der Waals surface area contributed by atoms with Crippen LogP contribution >= 0.6 is 0 Å². The zero-order valence-electron chi connectivity index (χ0n) is 11.3. The van der Waals surface area contributed by atoms with Gasteiger partial charge in [0.15, 0.2) is 0 Å². The van der Waals surface area contributed by atoms with E-state index in [-0.39, 0.29) is 0 Å². The van der Waals surface area contributed by atoms with E-state index in [0.29, 0.717) is 0 Å². The second kappa shape index (κ2) is 6.02. The molecule has 1 saturated carbocycles. The third-order valence-corrected chi connectivity index (χ3v) is 3.64. The first-order chi connectivity index (χ1) is 9.42. The molecule has 1 heterocycles. The molecule has 3 heteroatoms. The Kier molecular flexibility index (Phi) is 3.94. The molecule has 0 bridgehead atoms. The fourth-order valence-electron chi connectivity index (χ4n) is 2.33. The zero-order chi connectivity index (χ0) is 12.9. The average molecular weight is 255 g/mol. The number of nitrogens with zero attached hydrogens (tertiary/aromatic N) is 2. The number of aryl methyl sites for hydroxylation is 2. The van der Waals surface area contributed by atoms with E-state index in [1.807, 2.05) is 6.20 Å². The van der Waals surface area contributed by atoms with Crippen molar-refractivity contribution < 1.29 is 0 Å². The fourth-order valence-corrected chi connectivity index (χ4v) is 2.33. The number of rotatable bonds is 7. The van der Waals surface area contributed by atoms with Crippen LogP contribution in [0.25, 0.3) is 0 Å². The van der Waals surface area contributed by atoms with Gasteiger partial charge in [0.25, 0.3) is 0 Å². The highest BCUT2D eigenvalue weighted by molar-refractivity contribution is 5.14. The maximum absolute atomic E-state index is 4.44. The van der Waals surface area contributed by atoms with Crippen molar-refractivity contribution in [3.05, 3.63) is 54.1 Å². The highest BCUT2D eigenvalue weighted by Gasteiger charge is 2.20. The summed E-state index contributed by atoms with van der Waals surface area (Å²) in [7, 11) is 0. The Morgan fingerprint density at radius 3 is 2.84 bits per heavy atom. The largest absolute Gasteiger partial charge is 0.334 e. The van der Waals surface area contributed by atoms with E-state index >= 15 is 0 Å². The molecule has 0 radical (unpaired) electrons. The molecule has 0 atom stereocenters. The Morgan fingerprint density at radius 2 is 2.05 bits per heavy atom. The van der Waals surface area contributed by atoms with Crippen LogP contribution in [0.15, 0.2) is 42.7 Å². The lowest BCUT2D eigenvalue weighted by atomic mass is 10.1. The van der Waals surface area contributed by atoms with E-state index in [2.05, 4.69) is 51.4 Å². The minimum absolute atomic E-state index is 0.745. The van der Waals surface area contributed by atoms with E-state index in [1.54, 1.807) is 0 Å². The zero-order valence-corrected chi connectivity index (χ0v) is 11.3. The molecule has 1 fully saturated rings. The van der Waals surface area contributed by atoms with Gasteiger partial charge in [-0.2, -0.15) is 0 Å². The van der Waals surface area contributed by atoms with Crippen LogP contribution < -0.4 is 5.32 Å². The van der Waals surface area contributed by atoms with Crippen LogP contribution in [0, 0.1) is 0 Å². The molecule has 0 unspecified atom stereocenters. The van der Waals surface area contributed by atoms with Crippen LogP contribution in [0.1, 0.15) is 30.7 Å². The molecule has 1 aliphatic rings. The van der Waals surface area contributed by atoms with Gasteiger partial charge in [-0.3, -0.25) is 0 Å². The van der Waals surface area contributed by atoms with Crippen LogP contribution in [0.4, 0.5) is 0 Å². The van der Waals surface area contributed by atoms with Crippen molar-refractivity contribution in [3.8, 4) is 0 Å². The van der Waals surface area contributed by atoms with Gasteiger partial charge in [0.1, 0.15) is 5.82 Å². The van der Waals surface area contributed by atoms with Gasteiger partial charge in [0.2, 0.25) is 0 Å². The molecular weight excluding hydrogens is 234 g/mol. The Bertz CT molecular complexity index is 500. The minimum atomic E-state index is 0.745. The van der Waals surface area contributed by atoms with Crippen molar-refractivity contribution in [2.45, 2.75) is 44.8 Å². The fraction of sp³-hybridized carbons (Fsp3) is 0.438. The predicted octanol–water partition coefficient (Wildman–Crippen LogP) is 2.77. The van der Waals surface area contributed by atoms with Crippen LogP contribution in [-0.4, -0.2) is 15.6 Å². The van der Waals surface area contributed by atoms with Crippen LogP contribution in [-0.2, 0) is 19.5 Å². The number of benzene rings is 1. The van der Waals surface area contributed by atoms with Gasteiger partial charge in [-0.1, -0.05) is 30.3 Å².